The van der Waals surface area contributed by atoms with Crippen molar-refractivity contribution in [3.8, 4) is 0 Å². The van der Waals surface area contributed by atoms with Gasteiger partial charge in [-0.1, -0.05) is 12.1 Å². The Balaban J connectivity index is 1.96. The molecule has 3 N–H and O–H groups in total. The van der Waals surface area contributed by atoms with Crippen molar-refractivity contribution in [3.05, 3.63) is 47.5 Å². The first-order valence-electron chi connectivity index (χ1n) is 6.87. The molecule has 0 atom stereocenters. The highest BCUT2D eigenvalue weighted by molar-refractivity contribution is 5.64. The standard InChI is InChI=1S/C16H16N4O/c17-13-5-3-11-1-2-12-4-6-14(18-7-8-21)10-16(12)20-19-15(11)9-13/h3-6,8-10,18H,1-2,7,17H2. The summed E-state index contributed by atoms with van der Waals surface area (Å²) in [7, 11) is 0. The molecule has 1 heterocycles. The van der Waals surface area contributed by atoms with Crippen LogP contribution in [0.2, 0.25) is 0 Å². The van der Waals surface area contributed by atoms with Gasteiger partial charge in [-0.05, 0) is 48.2 Å². The van der Waals surface area contributed by atoms with Gasteiger partial charge >= 0.3 is 0 Å². The lowest BCUT2D eigenvalue weighted by Crippen LogP contribution is -2.02. The number of nitrogens with zero attached hydrogens (tertiary/aromatic N) is 2. The van der Waals surface area contributed by atoms with E-state index in [1.165, 1.54) is 0 Å². The Kier molecular flexibility index (Phi) is 3.64. The molecule has 1 aliphatic heterocycles. The van der Waals surface area contributed by atoms with Crippen molar-refractivity contribution in [1.29, 1.82) is 0 Å². The molecule has 0 unspecified atom stereocenters. The molecule has 0 aromatic heterocycles. The number of nitrogens with two attached hydrogens (primary N) is 1. The molecule has 1 aliphatic rings. The average molecular weight is 280 g/mol. The highest BCUT2D eigenvalue weighted by atomic mass is 16.1. The molecule has 0 aliphatic carbocycles. The number of carbonyl (C=O) groups excluding carboxylic acids is 1. The minimum absolute atomic E-state index is 0.287. The molecule has 2 aromatic carbocycles. The number of nitrogens with one attached hydrogen (secondary N) is 1. The van der Waals surface area contributed by atoms with E-state index in [4.69, 9.17) is 5.73 Å². The fraction of sp³-hybridized carbons (Fsp3) is 0.188. The highest BCUT2D eigenvalue weighted by Crippen LogP contribution is 2.32. The summed E-state index contributed by atoms with van der Waals surface area (Å²) >= 11 is 0. The third kappa shape index (κ3) is 2.91. The van der Waals surface area contributed by atoms with Crippen LogP contribution >= 0.6 is 0 Å². The molecule has 0 amide bonds. The number of aldehydes is 1. The number of rotatable bonds is 3. The Morgan fingerprint density at radius 3 is 2.43 bits per heavy atom. The predicted molar refractivity (Wildman–Crippen MR) is 83.4 cm³/mol. The molecular weight excluding hydrogens is 264 g/mol. The summed E-state index contributed by atoms with van der Waals surface area (Å²) in [5.41, 5.74) is 11.3. The van der Waals surface area contributed by atoms with Crippen LogP contribution in [0.3, 0.4) is 0 Å². The van der Waals surface area contributed by atoms with Gasteiger partial charge in [0, 0.05) is 11.4 Å². The summed E-state index contributed by atoms with van der Waals surface area (Å²) in [6.07, 6.45) is 2.64. The molecule has 0 saturated heterocycles. The Labute approximate surface area is 122 Å². The summed E-state index contributed by atoms with van der Waals surface area (Å²) in [6.45, 7) is 0.287. The highest BCUT2D eigenvalue weighted by Gasteiger charge is 2.10. The summed E-state index contributed by atoms with van der Waals surface area (Å²) in [6, 6.07) is 11.7. The molecule has 5 nitrogen and oxygen atoms in total. The van der Waals surface area contributed by atoms with E-state index in [0.717, 1.165) is 47.3 Å². The maximum absolute atomic E-state index is 10.4. The quantitative estimate of drug-likeness (QED) is 0.668. The van der Waals surface area contributed by atoms with E-state index in [-0.39, 0.29) is 6.54 Å². The predicted octanol–water partition coefficient (Wildman–Crippen LogP) is 3.39. The van der Waals surface area contributed by atoms with Gasteiger partial charge < -0.3 is 15.8 Å². The lowest BCUT2D eigenvalue weighted by Gasteiger charge is -2.13. The molecule has 2 aromatic rings. The monoisotopic (exact) mass is 280 g/mol. The second-order valence-electron chi connectivity index (χ2n) is 4.98. The molecule has 106 valence electrons. The Morgan fingerprint density at radius 1 is 1.05 bits per heavy atom. The number of anilines is 2. The van der Waals surface area contributed by atoms with Gasteiger partial charge in [0.1, 0.15) is 6.29 Å². The molecule has 3 rings (SSSR count). The maximum atomic E-state index is 10.4. The zero-order valence-electron chi connectivity index (χ0n) is 11.5. The lowest BCUT2D eigenvalue weighted by molar-refractivity contribution is -0.106. The number of carbonyl (C=O) groups is 1. The molecule has 0 spiro atoms. The van der Waals surface area contributed by atoms with E-state index in [1.54, 1.807) is 0 Å². The van der Waals surface area contributed by atoms with E-state index in [1.807, 2.05) is 36.4 Å². The topological polar surface area (TPSA) is 79.8 Å². The zero-order chi connectivity index (χ0) is 14.7. The first kappa shape index (κ1) is 13.3. The minimum Gasteiger partial charge on any atom is -0.399 e. The van der Waals surface area contributed by atoms with Gasteiger partial charge in [-0.2, -0.15) is 10.2 Å². The van der Waals surface area contributed by atoms with Crippen molar-refractivity contribution in [2.45, 2.75) is 12.8 Å². The number of nitrogen functional groups attached to an aromatic ring is 1. The molecule has 21 heavy (non-hydrogen) atoms. The van der Waals surface area contributed by atoms with Crippen LogP contribution in [0.1, 0.15) is 11.1 Å². The van der Waals surface area contributed by atoms with Crippen molar-refractivity contribution < 1.29 is 4.79 Å². The Hall–Kier alpha value is -2.69. The number of hydrogen-bond acceptors (Lipinski definition) is 5. The van der Waals surface area contributed by atoms with Gasteiger partial charge in [-0.25, -0.2) is 0 Å². The zero-order valence-corrected chi connectivity index (χ0v) is 11.5. The van der Waals surface area contributed by atoms with Crippen LogP contribution in [0.15, 0.2) is 46.6 Å². The Morgan fingerprint density at radius 2 is 1.71 bits per heavy atom. The molecule has 5 heteroatoms. The van der Waals surface area contributed by atoms with Crippen LogP contribution in [0.5, 0.6) is 0 Å². The summed E-state index contributed by atoms with van der Waals surface area (Å²) < 4.78 is 0. The summed E-state index contributed by atoms with van der Waals surface area (Å²) in [5, 5.41) is 11.7. The fourth-order valence-corrected chi connectivity index (χ4v) is 2.40. The van der Waals surface area contributed by atoms with Crippen LogP contribution in [0.25, 0.3) is 0 Å². The first-order valence-corrected chi connectivity index (χ1v) is 6.87. The van der Waals surface area contributed by atoms with Gasteiger partial charge in [0.25, 0.3) is 0 Å². The maximum Gasteiger partial charge on any atom is 0.139 e. The smallest absolute Gasteiger partial charge is 0.139 e. The number of hydrogen-bond donors (Lipinski definition) is 2. The van der Waals surface area contributed by atoms with Gasteiger partial charge in [0.05, 0.1) is 17.9 Å². The first-order chi connectivity index (χ1) is 10.3. The number of azo groups is 1. The van der Waals surface area contributed by atoms with E-state index in [2.05, 4.69) is 15.5 Å². The van der Waals surface area contributed by atoms with Crippen molar-refractivity contribution >= 4 is 29.0 Å². The van der Waals surface area contributed by atoms with Crippen molar-refractivity contribution in [3.63, 3.8) is 0 Å². The average Bonchev–Trinajstić information content (AvgIpc) is 2.48. The second kappa shape index (κ2) is 5.75. The summed E-state index contributed by atoms with van der Waals surface area (Å²) in [5.74, 6) is 0. The van der Waals surface area contributed by atoms with E-state index in [0.29, 0.717) is 5.69 Å². The van der Waals surface area contributed by atoms with Gasteiger partial charge in [0.2, 0.25) is 0 Å². The molecule has 0 saturated carbocycles. The minimum atomic E-state index is 0.287. The van der Waals surface area contributed by atoms with Crippen LogP contribution in [0, 0.1) is 0 Å². The third-order valence-electron chi connectivity index (χ3n) is 3.51. The molecule has 0 radical (unpaired) electrons. The van der Waals surface area contributed by atoms with Gasteiger partial charge in [0.15, 0.2) is 0 Å². The van der Waals surface area contributed by atoms with Crippen molar-refractivity contribution in [2.24, 2.45) is 10.2 Å². The van der Waals surface area contributed by atoms with Gasteiger partial charge in [-0.15, -0.1) is 0 Å². The van der Waals surface area contributed by atoms with E-state index in [9.17, 15) is 4.79 Å². The normalized spacial score (nSPS) is 12.8. The largest absolute Gasteiger partial charge is 0.399 e. The van der Waals surface area contributed by atoms with Crippen LogP contribution in [-0.4, -0.2) is 12.8 Å². The van der Waals surface area contributed by atoms with Crippen molar-refractivity contribution in [2.75, 3.05) is 17.6 Å². The Bertz CT molecular complexity index is 709. The number of aryl methyl sites for hydroxylation is 2. The SMILES string of the molecule is Nc1ccc2c(c1)N=Nc1cc(NCC=O)ccc1CC2. The molecular formula is C16H16N4O. The number of fused-ring (bicyclic) bond motifs is 2. The second-order valence-corrected chi connectivity index (χ2v) is 4.98. The molecule has 0 bridgehead atoms. The van der Waals surface area contributed by atoms with Crippen LogP contribution < -0.4 is 11.1 Å². The van der Waals surface area contributed by atoms with Crippen molar-refractivity contribution in [1.82, 2.24) is 0 Å². The van der Waals surface area contributed by atoms with E-state index < -0.39 is 0 Å². The van der Waals surface area contributed by atoms with Gasteiger partial charge in [-0.3, -0.25) is 0 Å². The summed E-state index contributed by atoms with van der Waals surface area (Å²) in [4.78, 5) is 10.4. The van der Waals surface area contributed by atoms with Crippen LogP contribution in [-0.2, 0) is 17.6 Å². The lowest BCUT2D eigenvalue weighted by atomic mass is 10.0. The van der Waals surface area contributed by atoms with Crippen LogP contribution in [0.4, 0.5) is 22.7 Å². The molecule has 0 fully saturated rings. The number of benzene rings is 2. The third-order valence-corrected chi connectivity index (χ3v) is 3.51. The fourth-order valence-electron chi connectivity index (χ4n) is 2.40. The van der Waals surface area contributed by atoms with E-state index >= 15 is 0 Å².